The number of Topliss-reactive ketones (excluding diaryl/α,β-unsaturated/α-hetero) is 1. The second-order valence-electron chi connectivity index (χ2n) is 12.5. The monoisotopic (exact) mass is 581 g/mol. The van der Waals surface area contributed by atoms with Crippen molar-refractivity contribution in [3.8, 4) is 0 Å². The highest BCUT2D eigenvalue weighted by Gasteiger charge is 2.41. The van der Waals surface area contributed by atoms with Crippen molar-refractivity contribution in [2.75, 3.05) is 26.2 Å². The van der Waals surface area contributed by atoms with Crippen molar-refractivity contribution in [3.05, 3.63) is 70.3 Å². The van der Waals surface area contributed by atoms with Crippen LogP contribution in [0.5, 0.6) is 0 Å². The number of benzene rings is 2. The van der Waals surface area contributed by atoms with Crippen molar-refractivity contribution in [1.82, 2.24) is 15.1 Å². The summed E-state index contributed by atoms with van der Waals surface area (Å²) in [7, 11) is 0. The fraction of sp³-hybridized carbons (Fsp3) is 0.559. The molecule has 6 nitrogen and oxygen atoms in total. The van der Waals surface area contributed by atoms with Crippen molar-refractivity contribution in [3.63, 3.8) is 0 Å². The molecule has 2 aromatic carbocycles. The summed E-state index contributed by atoms with van der Waals surface area (Å²) in [6.45, 7) is 5.84. The molecule has 0 radical (unpaired) electrons. The van der Waals surface area contributed by atoms with E-state index in [9.17, 15) is 23.2 Å². The zero-order valence-corrected chi connectivity index (χ0v) is 24.8. The maximum absolute atomic E-state index is 14.0. The summed E-state index contributed by atoms with van der Waals surface area (Å²) in [5.74, 6) is -0.947. The lowest BCUT2D eigenvalue weighted by molar-refractivity contribution is -0.131. The van der Waals surface area contributed by atoms with Crippen LogP contribution in [0.25, 0.3) is 0 Å². The van der Waals surface area contributed by atoms with Crippen molar-refractivity contribution in [2.45, 2.75) is 83.7 Å². The fourth-order valence-electron chi connectivity index (χ4n) is 7.19. The van der Waals surface area contributed by atoms with Gasteiger partial charge < -0.3 is 15.1 Å². The van der Waals surface area contributed by atoms with Gasteiger partial charge in [0.1, 0.15) is 11.6 Å². The number of nitrogens with one attached hydrogen (secondary N) is 1. The Morgan fingerprint density at radius 3 is 2.55 bits per heavy atom. The molecular weight excluding hydrogens is 536 g/mol. The van der Waals surface area contributed by atoms with Gasteiger partial charge in [-0.1, -0.05) is 51.3 Å². The number of carbonyl (C=O) groups is 3. The summed E-state index contributed by atoms with van der Waals surface area (Å²) in [4.78, 5) is 44.2. The highest BCUT2D eigenvalue weighted by Crippen LogP contribution is 2.37. The second kappa shape index (κ2) is 13.4. The molecule has 1 saturated carbocycles. The number of carbonyl (C=O) groups excluding carboxylic acids is 3. The minimum Gasteiger partial charge on any atom is -0.341 e. The van der Waals surface area contributed by atoms with E-state index in [0.717, 1.165) is 55.7 Å². The number of hydrogen-bond donors (Lipinski definition) is 1. The number of amides is 2. The molecule has 2 fully saturated rings. The quantitative estimate of drug-likeness (QED) is 0.402. The third-order valence-corrected chi connectivity index (χ3v) is 9.42. The molecule has 228 valence electrons. The van der Waals surface area contributed by atoms with Gasteiger partial charge >= 0.3 is 0 Å². The van der Waals surface area contributed by atoms with Gasteiger partial charge in [-0.3, -0.25) is 14.4 Å². The van der Waals surface area contributed by atoms with E-state index < -0.39 is 11.6 Å². The van der Waals surface area contributed by atoms with Crippen LogP contribution in [0.1, 0.15) is 93.2 Å². The number of rotatable bonds is 9. The number of nitrogens with zero attached hydrogens (tertiary/aromatic N) is 2. The van der Waals surface area contributed by atoms with Crippen LogP contribution in [0.15, 0.2) is 36.4 Å². The molecular formula is C34H45F2N3O3. The van der Waals surface area contributed by atoms with Gasteiger partial charge in [0.05, 0.1) is 12.6 Å². The molecule has 2 amide bonds. The summed E-state index contributed by atoms with van der Waals surface area (Å²) < 4.78 is 27.1. The number of ketones is 1. The lowest BCUT2D eigenvalue weighted by atomic mass is 9.78. The Kier molecular flexibility index (Phi) is 9.71. The summed E-state index contributed by atoms with van der Waals surface area (Å²) in [6, 6.07) is 9.01. The molecule has 8 heteroatoms. The molecule has 1 unspecified atom stereocenters. The first-order valence-electron chi connectivity index (χ1n) is 15.6. The molecule has 5 rings (SSSR count). The van der Waals surface area contributed by atoms with E-state index in [0.29, 0.717) is 37.2 Å². The molecule has 1 aliphatic carbocycles. The Hall–Kier alpha value is -3.13. The van der Waals surface area contributed by atoms with Crippen molar-refractivity contribution >= 4 is 17.6 Å². The number of fused-ring (bicyclic) bond motifs is 1. The molecule has 0 aromatic heterocycles. The van der Waals surface area contributed by atoms with Crippen LogP contribution < -0.4 is 5.32 Å². The molecule has 3 aliphatic rings. The van der Waals surface area contributed by atoms with Gasteiger partial charge in [-0.2, -0.15) is 0 Å². The molecule has 0 spiro atoms. The lowest BCUT2D eigenvalue weighted by Crippen LogP contribution is -2.53. The molecule has 2 atom stereocenters. The minimum absolute atomic E-state index is 0. The third-order valence-electron chi connectivity index (χ3n) is 9.42. The maximum Gasteiger partial charge on any atom is 0.254 e. The highest BCUT2D eigenvalue weighted by atomic mass is 19.1. The van der Waals surface area contributed by atoms with Crippen LogP contribution in [0.2, 0.25) is 0 Å². The van der Waals surface area contributed by atoms with Crippen molar-refractivity contribution < 1.29 is 24.6 Å². The molecule has 1 N–H and O–H groups in total. The zero-order chi connectivity index (χ0) is 29.8. The van der Waals surface area contributed by atoms with Crippen LogP contribution in [-0.2, 0) is 22.6 Å². The fourth-order valence-corrected chi connectivity index (χ4v) is 7.19. The van der Waals surface area contributed by atoms with E-state index in [1.807, 2.05) is 35.8 Å². The molecule has 2 heterocycles. The predicted molar refractivity (Wildman–Crippen MR) is 160 cm³/mol. The molecule has 2 aliphatic heterocycles. The molecule has 2 aromatic rings. The van der Waals surface area contributed by atoms with Crippen LogP contribution in [-0.4, -0.2) is 59.6 Å². The number of piperidine rings is 1. The standard InChI is InChI=1S/C34H43F2N3O3.H2/c1-22(2)33(41)32(23-8-4-3-5-9-23)39-17-15-28-27(11-6-12-29(28)34(39)42)25-10-7-16-38(21-25)31(40)20-37-19-24-13-14-26(35)18-30(24)36;/h6,11-14,18,22-23,25,32,37H,3-5,7-10,15-17,19-21H2,1-2H3;1H/t25?,32-;/m1./s1. The van der Waals surface area contributed by atoms with Gasteiger partial charge in [0.25, 0.3) is 5.91 Å². The number of likely N-dealkylation sites (tertiary alicyclic amines) is 1. The van der Waals surface area contributed by atoms with Gasteiger partial charge in [0.15, 0.2) is 5.78 Å². The average molecular weight is 582 g/mol. The van der Waals surface area contributed by atoms with E-state index in [1.54, 1.807) is 0 Å². The first-order chi connectivity index (χ1) is 20.2. The summed E-state index contributed by atoms with van der Waals surface area (Å²) >= 11 is 0. The van der Waals surface area contributed by atoms with Crippen molar-refractivity contribution in [2.24, 2.45) is 11.8 Å². The number of hydrogen-bond acceptors (Lipinski definition) is 4. The molecule has 0 bridgehead atoms. The largest absolute Gasteiger partial charge is 0.341 e. The normalized spacial score (nSPS) is 20.5. The first kappa shape index (κ1) is 30.3. The van der Waals surface area contributed by atoms with Gasteiger partial charge in [-0.05, 0) is 61.3 Å². The average Bonchev–Trinajstić information content (AvgIpc) is 2.99. The highest BCUT2D eigenvalue weighted by molar-refractivity contribution is 6.00. The Bertz CT molecular complexity index is 1310. The molecule has 1 saturated heterocycles. The summed E-state index contributed by atoms with van der Waals surface area (Å²) in [5, 5.41) is 3.00. The number of halogens is 2. The third kappa shape index (κ3) is 6.59. The minimum atomic E-state index is -0.631. The van der Waals surface area contributed by atoms with E-state index in [2.05, 4.69) is 11.4 Å². The van der Waals surface area contributed by atoms with Crippen LogP contribution in [0, 0.1) is 23.5 Å². The Morgan fingerprint density at radius 1 is 1.02 bits per heavy atom. The van der Waals surface area contributed by atoms with E-state index in [4.69, 9.17) is 0 Å². The molecule has 42 heavy (non-hydrogen) atoms. The van der Waals surface area contributed by atoms with Gasteiger partial charge in [-0.25, -0.2) is 8.78 Å². The summed E-state index contributed by atoms with van der Waals surface area (Å²) in [6.07, 6.45) is 7.93. The zero-order valence-electron chi connectivity index (χ0n) is 24.8. The SMILES string of the molecule is CC(C)C(=O)[C@@H](C1CCCCC1)N1CCc2c(cccc2C2CCCN(C(=O)CNCc3ccc(F)cc3F)C2)C1=O.[HH]. The van der Waals surface area contributed by atoms with E-state index >= 15 is 0 Å². The van der Waals surface area contributed by atoms with Gasteiger partial charge in [-0.15, -0.1) is 0 Å². The van der Waals surface area contributed by atoms with Crippen LogP contribution in [0.4, 0.5) is 8.78 Å². The van der Waals surface area contributed by atoms with Gasteiger partial charge in [0, 0.05) is 56.6 Å². The van der Waals surface area contributed by atoms with Crippen LogP contribution >= 0.6 is 0 Å². The second-order valence-corrected chi connectivity index (χ2v) is 12.5. The predicted octanol–water partition coefficient (Wildman–Crippen LogP) is 5.88. The van der Waals surface area contributed by atoms with Crippen LogP contribution in [0.3, 0.4) is 0 Å². The lowest BCUT2D eigenvalue weighted by Gasteiger charge is -2.42. The summed E-state index contributed by atoms with van der Waals surface area (Å²) in [5.41, 5.74) is 3.20. The van der Waals surface area contributed by atoms with Gasteiger partial charge in [0.2, 0.25) is 5.91 Å². The first-order valence-corrected chi connectivity index (χ1v) is 15.6. The smallest absolute Gasteiger partial charge is 0.254 e. The Labute approximate surface area is 249 Å². The Morgan fingerprint density at radius 2 is 1.81 bits per heavy atom. The van der Waals surface area contributed by atoms with E-state index in [-0.39, 0.29) is 55.9 Å². The van der Waals surface area contributed by atoms with E-state index in [1.165, 1.54) is 18.6 Å². The maximum atomic E-state index is 14.0. The Balaban J connectivity index is 0.00000423. The van der Waals surface area contributed by atoms with Crippen molar-refractivity contribution in [1.29, 1.82) is 0 Å². The topological polar surface area (TPSA) is 69.7 Å².